The molecule has 0 bridgehead atoms. The number of aromatic nitrogens is 4. The number of unbranched alkanes of at least 4 members (excludes halogenated alkanes) is 1. The minimum absolute atomic E-state index is 0. The Labute approximate surface area is 182 Å². The monoisotopic (exact) mass is 447 g/mol. The molecular weight excluding hydrogens is 424 g/mol. The molecule has 0 atom stereocenters. The number of rotatable bonds is 7. The molecule has 4 nitrogen and oxygen atoms in total. The summed E-state index contributed by atoms with van der Waals surface area (Å²) in [4.78, 5) is 8.15. The fourth-order valence-electron chi connectivity index (χ4n) is 3.28. The molecule has 0 aliphatic rings. The summed E-state index contributed by atoms with van der Waals surface area (Å²) in [5.41, 5.74) is 4.86. The van der Waals surface area contributed by atoms with Gasteiger partial charge in [0.1, 0.15) is 13.1 Å². The molecule has 0 fully saturated rings. The van der Waals surface area contributed by atoms with Crippen molar-refractivity contribution >= 4 is 0 Å². The van der Waals surface area contributed by atoms with Gasteiger partial charge in [-0.25, -0.2) is 9.13 Å². The quantitative estimate of drug-likeness (QED) is 0.311. The van der Waals surface area contributed by atoms with Crippen molar-refractivity contribution in [1.82, 2.24) is 9.97 Å². The van der Waals surface area contributed by atoms with Crippen molar-refractivity contribution in [2.75, 3.05) is 0 Å². The molecule has 0 radical (unpaired) electrons. The standard InChI is InChI=1S/C24H24N4.BrH/c1(15-27-17-7-23(8-18-27)21-3-11-25-12-4-21)2-16-28-19-9-24(10-20-28)22-5-13-26-14-6-22;/h3-14,17-20H,1-2,15-16H2;1H/q+2;/p-1. The molecule has 0 saturated carbocycles. The number of hydrogen-bond donors (Lipinski definition) is 0. The van der Waals surface area contributed by atoms with Crippen LogP contribution < -0.4 is 26.1 Å². The molecule has 5 heteroatoms. The Kier molecular flexibility index (Phi) is 7.59. The van der Waals surface area contributed by atoms with E-state index < -0.39 is 0 Å². The highest BCUT2D eigenvalue weighted by molar-refractivity contribution is 5.61. The number of aryl methyl sites for hydroxylation is 2. The zero-order valence-electron chi connectivity index (χ0n) is 16.2. The van der Waals surface area contributed by atoms with Crippen LogP contribution in [0.25, 0.3) is 22.3 Å². The molecule has 4 aromatic rings. The molecule has 4 heterocycles. The van der Waals surface area contributed by atoms with Gasteiger partial charge >= 0.3 is 0 Å². The Morgan fingerprint density at radius 2 is 0.793 bits per heavy atom. The van der Waals surface area contributed by atoms with Crippen LogP contribution >= 0.6 is 0 Å². The van der Waals surface area contributed by atoms with Gasteiger partial charge in [0.05, 0.1) is 0 Å². The predicted octanol–water partition coefficient (Wildman–Crippen LogP) is 0.870. The fraction of sp³-hybridized carbons (Fsp3) is 0.167. The van der Waals surface area contributed by atoms with Gasteiger partial charge in [0.2, 0.25) is 0 Å². The second-order valence-electron chi connectivity index (χ2n) is 6.83. The topological polar surface area (TPSA) is 33.5 Å². The Morgan fingerprint density at radius 3 is 1.14 bits per heavy atom. The second-order valence-corrected chi connectivity index (χ2v) is 6.83. The van der Waals surface area contributed by atoms with Crippen molar-refractivity contribution < 1.29 is 26.1 Å². The second kappa shape index (κ2) is 10.6. The van der Waals surface area contributed by atoms with Gasteiger partial charge in [-0.05, 0) is 46.5 Å². The van der Waals surface area contributed by atoms with E-state index in [1.807, 2.05) is 49.1 Å². The highest BCUT2D eigenvalue weighted by Crippen LogP contribution is 2.16. The molecule has 0 aliphatic heterocycles. The maximum Gasteiger partial charge on any atom is 0.169 e. The van der Waals surface area contributed by atoms with Crippen molar-refractivity contribution in [2.45, 2.75) is 25.9 Å². The fourth-order valence-corrected chi connectivity index (χ4v) is 3.28. The molecule has 0 aromatic carbocycles. The maximum absolute atomic E-state index is 4.07. The van der Waals surface area contributed by atoms with Gasteiger partial charge in [0.25, 0.3) is 0 Å². The van der Waals surface area contributed by atoms with Crippen LogP contribution in [-0.4, -0.2) is 9.97 Å². The summed E-state index contributed by atoms with van der Waals surface area (Å²) in [6.45, 7) is 2.07. The summed E-state index contributed by atoms with van der Waals surface area (Å²) in [6, 6.07) is 16.8. The van der Waals surface area contributed by atoms with E-state index in [0.29, 0.717) is 0 Å². The molecule has 146 valence electrons. The largest absolute Gasteiger partial charge is 1.00 e. The van der Waals surface area contributed by atoms with Crippen LogP contribution in [0.1, 0.15) is 12.8 Å². The molecule has 0 N–H and O–H groups in total. The van der Waals surface area contributed by atoms with Gasteiger partial charge in [-0.15, -0.1) is 0 Å². The van der Waals surface area contributed by atoms with E-state index >= 15 is 0 Å². The van der Waals surface area contributed by atoms with Gasteiger partial charge in [0.15, 0.2) is 24.8 Å². The lowest BCUT2D eigenvalue weighted by Crippen LogP contribution is -3.00. The molecule has 0 amide bonds. The number of nitrogens with zero attached hydrogens (tertiary/aromatic N) is 4. The first-order valence-corrected chi connectivity index (χ1v) is 9.67. The van der Waals surface area contributed by atoms with E-state index in [-0.39, 0.29) is 17.0 Å². The molecule has 4 aromatic heterocycles. The zero-order valence-corrected chi connectivity index (χ0v) is 17.8. The first-order valence-electron chi connectivity index (χ1n) is 9.67. The van der Waals surface area contributed by atoms with Crippen LogP contribution in [0.4, 0.5) is 0 Å². The SMILES string of the molecule is [Br-].c1cc(-c2cc[n+](CCCC[n+]3ccc(-c4ccncc4)cc3)cc2)ccn1. The zero-order chi connectivity index (χ0) is 19.0. The highest BCUT2D eigenvalue weighted by Gasteiger charge is 2.06. The third-order valence-corrected chi connectivity index (χ3v) is 4.89. The molecule has 0 spiro atoms. The van der Waals surface area contributed by atoms with Crippen LogP contribution in [0.15, 0.2) is 98.1 Å². The van der Waals surface area contributed by atoms with Crippen molar-refractivity contribution in [3.05, 3.63) is 98.1 Å². The highest BCUT2D eigenvalue weighted by atomic mass is 79.9. The molecule has 29 heavy (non-hydrogen) atoms. The minimum Gasteiger partial charge on any atom is -1.00 e. The summed E-state index contributed by atoms with van der Waals surface area (Å²) in [6.07, 6.45) is 18.3. The number of hydrogen-bond acceptors (Lipinski definition) is 2. The normalized spacial score (nSPS) is 10.3. The first kappa shape index (κ1) is 20.8. The Morgan fingerprint density at radius 1 is 0.483 bits per heavy atom. The van der Waals surface area contributed by atoms with E-state index in [2.05, 4.69) is 68.2 Å². The number of halogens is 1. The van der Waals surface area contributed by atoms with Gasteiger partial charge in [-0.2, -0.15) is 0 Å². The van der Waals surface area contributed by atoms with E-state index in [0.717, 1.165) is 25.9 Å². The van der Waals surface area contributed by atoms with Crippen LogP contribution in [0.5, 0.6) is 0 Å². The summed E-state index contributed by atoms with van der Waals surface area (Å²) >= 11 is 0. The molecule has 0 saturated heterocycles. The van der Waals surface area contributed by atoms with Crippen molar-refractivity contribution in [3.8, 4) is 22.3 Å². The average molecular weight is 448 g/mol. The van der Waals surface area contributed by atoms with E-state index in [1.54, 1.807) is 0 Å². The average Bonchev–Trinajstić information content (AvgIpc) is 2.79. The maximum atomic E-state index is 4.07. The summed E-state index contributed by atoms with van der Waals surface area (Å²) in [5, 5.41) is 0. The van der Waals surface area contributed by atoms with E-state index in [9.17, 15) is 0 Å². The van der Waals surface area contributed by atoms with E-state index in [4.69, 9.17) is 0 Å². The summed E-state index contributed by atoms with van der Waals surface area (Å²) in [7, 11) is 0. The third kappa shape index (κ3) is 5.78. The van der Waals surface area contributed by atoms with Crippen molar-refractivity contribution in [3.63, 3.8) is 0 Å². The van der Waals surface area contributed by atoms with Crippen LogP contribution in [-0.2, 0) is 13.1 Å². The van der Waals surface area contributed by atoms with Crippen LogP contribution in [0.3, 0.4) is 0 Å². The van der Waals surface area contributed by atoms with Crippen LogP contribution in [0, 0.1) is 0 Å². The molecule has 0 unspecified atom stereocenters. The van der Waals surface area contributed by atoms with Gasteiger partial charge in [-0.1, -0.05) is 0 Å². The van der Waals surface area contributed by atoms with Gasteiger partial charge < -0.3 is 17.0 Å². The lowest BCUT2D eigenvalue weighted by Gasteiger charge is -2.02. The Bertz CT molecular complexity index is 903. The lowest BCUT2D eigenvalue weighted by molar-refractivity contribution is -0.708. The van der Waals surface area contributed by atoms with E-state index in [1.165, 1.54) is 22.3 Å². The van der Waals surface area contributed by atoms with Crippen molar-refractivity contribution in [1.29, 1.82) is 0 Å². The predicted molar refractivity (Wildman–Crippen MR) is 109 cm³/mol. The smallest absolute Gasteiger partial charge is 0.169 e. The first-order chi connectivity index (χ1) is 13.9. The number of pyridine rings is 4. The van der Waals surface area contributed by atoms with Gasteiger partial charge in [0, 0.05) is 61.9 Å². The molecular formula is C24H24BrN4+. The minimum atomic E-state index is 0. The Balaban J connectivity index is 0.00000240. The van der Waals surface area contributed by atoms with Crippen molar-refractivity contribution in [2.24, 2.45) is 0 Å². The van der Waals surface area contributed by atoms with Crippen LogP contribution in [0.2, 0.25) is 0 Å². The summed E-state index contributed by atoms with van der Waals surface area (Å²) in [5.74, 6) is 0. The molecule has 0 aliphatic carbocycles. The lowest BCUT2D eigenvalue weighted by atomic mass is 10.1. The van der Waals surface area contributed by atoms with Gasteiger partial charge in [-0.3, -0.25) is 9.97 Å². The molecule has 4 rings (SSSR count). The Hall–Kier alpha value is -2.92. The summed E-state index contributed by atoms with van der Waals surface area (Å²) < 4.78 is 4.50. The third-order valence-electron chi connectivity index (χ3n) is 4.89.